The molecule has 0 bridgehead atoms. The van der Waals surface area contributed by atoms with Gasteiger partial charge in [0.15, 0.2) is 0 Å². The molecule has 0 spiro atoms. The monoisotopic (exact) mass is 321 g/mol. The normalized spacial score (nSPS) is 11.5. The van der Waals surface area contributed by atoms with E-state index in [-0.39, 0.29) is 22.8 Å². The van der Waals surface area contributed by atoms with Crippen LogP contribution in [0.2, 0.25) is 5.02 Å². The first-order valence-electron chi connectivity index (χ1n) is 5.81. The Morgan fingerprint density at radius 2 is 1.67 bits per heavy atom. The van der Waals surface area contributed by atoms with Crippen LogP contribution in [-0.2, 0) is 12.7 Å². The Bertz CT molecular complexity index is 654. The Kier molecular flexibility index (Phi) is 4.37. The van der Waals surface area contributed by atoms with Crippen molar-refractivity contribution in [3.05, 3.63) is 64.2 Å². The number of benzene rings is 2. The highest BCUT2D eigenvalue weighted by Crippen LogP contribution is 2.31. The molecule has 1 nitrogen and oxygen atoms in total. The van der Waals surface area contributed by atoms with Crippen molar-refractivity contribution < 1.29 is 22.0 Å². The van der Waals surface area contributed by atoms with E-state index in [1.807, 2.05) is 0 Å². The largest absolute Gasteiger partial charge is 0.416 e. The van der Waals surface area contributed by atoms with Gasteiger partial charge in [-0.25, -0.2) is 8.78 Å². The molecule has 0 saturated heterocycles. The summed E-state index contributed by atoms with van der Waals surface area (Å²) in [5, 5.41) is 2.88. The third-order valence-corrected chi connectivity index (χ3v) is 3.03. The zero-order valence-corrected chi connectivity index (χ0v) is 11.2. The van der Waals surface area contributed by atoms with Crippen molar-refractivity contribution in [2.24, 2.45) is 0 Å². The van der Waals surface area contributed by atoms with Crippen molar-refractivity contribution in [1.29, 1.82) is 0 Å². The SMILES string of the molecule is Fc1cc(CNc2cc(F)ccc2Cl)cc(C(F)(F)F)c1. The van der Waals surface area contributed by atoms with Crippen molar-refractivity contribution in [3.63, 3.8) is 0 Å². The van der Waals surface area contributed by atoms with Crippen LogP contribution < -0.4 is 5.32 Å². The first kappa shape index (κ1) is 15.6. The molecule has 0 fully saturated rings. The summed E-state index contributed by atoms with van der Waals surface area (Å²) in [5.74, 6) is -1.54. The number of hydrogen-bond donors (Lipinski definition) is 1. The zero-order chi connectivity index (χ0) is 15.6. The lowest BCUT2D eigenvalue weighted by molar-refractivity contribution is -0.137. The van der Waals surface area contributed by atoms with Crippen LogP contribution in [0.25, 0.3) is 0 Å². The maximum absolute atomic E-state index is 13.2. The van der Waals surface area contributed by atoms with E-state index in [9.17, 15) is 22.0 Å². The third kappa shape index (κ3) is 4.07. The van der Waals surface area contributed by atoms with Gasteiger partial charge >= 0.3 is 6.18 Å². The molecule has 0 atom stereocenters. The summed E-state index contributed by atoms with van der Waals surface area (Å²) in [5.41, 5.74) is -0.790. The minimum absolute atomic E-state index is 0.0719. The molecule has 0 unspecified atom stereocenters. The first-order chi connectivity index (χ1) is 9.75. The predicted octanol–water partition coefficient (Wildman–Crippen LogP) is 5.25. The molecule has 0 aromatic heterocycles. The van der Waals surface area contributed by atoms with Crippen molar-refractivity contribution in [3.8, 4) is 0 Å². The van der Waals surface area contributed by atoms with Crippen LogP contribution in [0, 0.1) is 11.6 Å². The lowest BCUT2D eigenvalue weighted by Crippen LogP contribution is -2.08. The fourth-order valence-corrected chi connectivity index (χ4v) is 1.93. The highest BCUT2D eigenvalue weighted by atomic mass is 35.5. The van der Waals surface area contributed by atoms with Gasteiger partial charge in [0.25, 0.3) is 0 Å². The predicted molar refractivity (Wildman–Crippen MR) is 70.1 cm³/mol. The summed E-state index contributed by atoms with van der Waals surface area (Å²) >= 11 is 5.81. The van der Waals surface area contributed by atoms with Gasteiger partial charge in [-0.2, -0.15) is 13.2 Å². The Morgan fingerprint density at radius 1 is 0.952 bits per heavy atom. The van der Waals surface area contributed by atoms with Crippen LogP contribution in [-0.4, -0.2) is 0 Å². The number of hydrogen-bond acceptors (Lipinski definition) is 1. The molecular formula is C14H9ClF5N. The second-order valence-electron chi connectivity index (χ2n) is 4.32. The quantitative estimate of drug-likeness (QED) is 0.761. The highest BCUT2D eigenvalue weighted by molar-refractivity contribution is 6.33. The van der Waals surface area contributed by atoms with Crippen LogP contribution in [0.1, 0.15) is 11.1 Å². The van der Waals surface area contributed by atoms with Crippen LogP contribution in [0.5, 0.6) is 0 Å². The Morgan fingerprint density at radius 3 is 2.33 bits per heavy atom. The molecule has 0 aliphatic rings. The molecular weight excluding hydrogens is 313 g/mol. The van der Waals surface area contributed by atoms with Gasteiger partial charge in [0, 0.05) is 6.54 Å². The second-order valence-corrected chi connectivity index (χ2v) is 4.73. The molecule has 0 radical (unpaired) electrons. The van der Waals surface area contributed by atoms with Crippen molar-refractivity contribution in [1.82, 2.24) is 0 Å². The van der Waals surface area contributed by atoms with Gasteiger partial charge < -0.3 is 5.32 Å². The number of anilines is 1. The molecule has 2 aromatic carbocycles. The van der Waals surface area contributed by atoms with E-state index >= 15 is 0 Å². The smallest absolute Gasteiger partial charge is 0.380 e. The standard InChI is InChI=1S/C14H9ClF5N/c15-12-2-1-10(16)6-13(12)21-7-8-3-9(14(18,19)20)5-11(17)4-8/h1-6,21H,7H2. The summed E-state index contributed by atoms with van der Waals surface area (Å²) in [6, 6.07) is 5.77. The molecule has 0 amide bonds. The molecule has 0 saturated carbocycles. The van der Waals surface area contributed by atoms with E-state index in [0.717, 1.165) is 24.3 Å². The van der Waals surface area contributed by atoms with Crippen LogP contribution >= 0.6 is 11.6 Å². The van der Waals surface area contributed by atoms with E-state index < -0.39 is 23.4 Å². The fourth-order valence-electron chi connectivity index (χ4n) is 1.75. The Balaban J connectivity index is 2.20. The van der Waals surface area contributed by atoms with Crippen LogP contribution in [0.15, 0.2) is 36.4 Å². The van der Waals surface area contributed by atoms with E-state index in [4.69, 9.17) is 11.6 Å². The molecule has 21 heavy (non-hydrogen) atoms. The van der Waals surface area contributed by atoms with Gasteiger partial charge in [0.05, 0.1) is 16.3 Å². The highest BCUT2D eigenvalue weighted by Gasteiger charge is 2.31. The molecule has 112 valence electrons. The Labute approximate surface area is 122 Å². The summed E-state index contributed by atoms with van der Waals surface area (Å²) in [6.45, 7) is -0.121. The third-order valence-electron chi connectivity index (χ3n) is 2.70. The molecule has 1 N–H and O–H groups in total. The average molecular weight is 322 g/mol. The minimum atomic E-state index is -4.63. The molecule has 0 aliphatic heterocycles. The maximum Gasteiger partial charge on any atom is 0.416 e. The van der Waals surface area contributed by atoms with Crippen molar-refractivity contribution in [2.45, 2.75) is 12.7 Å². The number of rotatable bonds is 3. The average Bonchev–Trinajstić information content (AvgIpc) is 2.38. The Hall–Kier alpha value is -1.82. The molecule has 2 aromatic rings. The van der Waals surface area contributed by atoms with Gasteiger partial charge in [-0.3, -0.25) is 0 Å². The summed E-state index contributed by atoms with van der Waals surface area (Å²) in [6.07, 6.45) is -4.63. The number of alkyl halides is 3. The van der Waals surface area contributed by atoms with Gasteiger partial charge in [-0.1, -0.05) is 11.6 Å². The van der Waals surface area contributed by atoms with Crippen LogP contribution in [0.4, 0.5) is 27.6 Å². The molecule has 0 heterocycles. The maximum atomic E-state index is 13.2. The van der Waals surface area contributed by atoms with Gasteiger partial charge in [-0.15, -0.1) is 0 Å². The zero-order valence-electron chi connectivity index (χ0n) is 10.4. The van der Waals surface area contributed by atoms with E-state index in [1.165, 1.54) is 6.07 Å². The van der Waals surface area contributed by atoms with E-state index in [0.29, 0.717) is 6.07 Å². The number of halogens is 6. The fraction of sp³-hybridized carbons (Fsp3) is 0.143. The van der Waals surface area contributed by atoms with Crippen LogP contribution in [0.3, 0.4) is 0 Å². The topological polar surface area (TPSA) is 12.0 Å². The van der Waals surface area contributed by atoms with Gasteiger partial charge in [-0.05, 0) is 42.0 Å². The van der Waals surface area contributed by atoms with Crippen molar-refractivity contribution in [2.75, 3.05) is 5.32 Å². The van der Waals surface area contributed by atoms with Gasteiger partial charge in [0.1, 0.15) is 11.6 Å². The first-order valence-corrected chi connectivity index (χ1v) is 6.19. The summed E-state index contributed by atoms with van der Waals surface area (Å²) < 4.78 is 64.0. The molecule has 0 aliphatic carbocycles. The molecule has 2 rings (SSSR count). The number of nitrogens with one attached hydrogen (secondary N) is 1. The van der Waals surface area contributed by atoms with Crippen molar-refractivity contribution >= 4 is 17.3 Å². The lowest BCUT2D eigenvalue weighted by Gasteiger charge is -2.12. The second kappa shape index (κ2) is 5.89. The van der Waals surface area contributed by atoms with E-state index in [1.54, 1.807) is 0 Å². The summed E-state index contributed by atoms with van der Waals surface area (Å²) in [4.78, 5) is 0. The molecule has 7 heteroatoms. The summed E-state index contributed by atoms with van der Waals surface area (Å²) in [7, 11) is 0. The van der Waals surface area contributed by atoms with E-state index in [2.05, 4.69) is 5.32 Å². The lowest BCUT2D eigenvalue weighted by atomic mass is 10.1. The van der Waals surface area contributed by atoms with Gasteiger partial charge in [0.2, 0.25) is 0 Å². The minimum Gasteiger partial charge on any atom is -0.380 e.